The lowest BCUT2D eigenvalue weighted by atomic mass is 10.1. The van der Waals surface area contributed by atoms with Gasteiger partial charge in [-0.05, 0) is 18.2 Å². The van der Waals surface area contributed by atoms with Crippen LogP contribution in [-0.2, 0) is 16.0 Å². The summed E-state index contributed by atoms with van der Waals surface area (Å²) in [6, 6.07) is 4.79. The van der Waals surface area contributed by atoms with Crippen LogP contribution in [0.4, 0.5) is 0 Å². The van der Waals surface area contributed by atoms with Crippen LogP contribution in [0, 0.1) is 0 Å². The van der Waals surface area contributed by atoms with Crippen molar-refractivity contribution in [3.8, 4) is 11.5 Å². The first kappa shape index (κ1) is 13.3. The monoisotopic (exact) mass is 282 g/mol. The summed E-state index contributed by atoms with van der Waals surface area (Å²) in [4.78, 5) is 11.1. The lowest BCUT2D eigenvalue weighted by Crippen LogP contribution is -2.35. The molecule has 2 aliphatic heterocycles. The topological polar surface area (TPSA) is 105 Å². The minimum atomic E-state index is -1.25. The van der Waals surface area contributed by atoms with Crippen LogP contribution >= 0.6 is 0 Å². The van der Waals surface area contributed by atoms with E-state index >= 15 is 0 Å². The van der Waals surface area contributed by atoms with Crippen molar-refractivity contribution in [3.63, 3.8) is 0 Å². The SMILES string of the molecule is O=C1Cc2cc(O[C@@H]3O[C@@H](CO)[C@H](O)[C@H]3O)ccc2O1. The van der Waals surface area contributed by atoms with Gasteiger partial charge in [-0.15, -0.1) is 0 Å². The standard InChI is InChI=1S/C13H14O7/c14-5-9-11(16)12(17)13(20-9)18-7-1-2-8-6(3-7)4-10(15)19-8/h1-3,9,11-14,16-17H,4-5H2/t9-,11-,12+,13+/m0/s1. The molecular weight excluding hydrogens is 268 g/mol. The Kier molecular flexibility index (Phi) is 3.35. The molecule has 20 heavy (non-hydrogen) atoms. The van der Waals surface area contributed by atoms with Crippen molar-refractivity contribution in [2.24, 2.45) is 0 Å². The van der Waals surface area contributed by atoms with Gasteiger partial charge in [-0.25, -0.2) is 0 Å². The fourth-order valence-electron chi connectivity index (χ4n) is 2.28. The summed E-state index contributed by atoms with van der Waals surface area (Å²) in [5, 5.41) is 28.4. The predicted molar refractivity (Wildman–Crippen MR) is 64.2 cm³/mol. The number of esters is 1. The molecule has 0 aromatic heterocycles. The van der Waals surface area contributed by atoms with E-state index in [0.717, 1.165) is 0 Å². The molecule has 1 saturated heterocycles. The summed E-state index contributed by atoms with van der Waals surface area (Å²) in [6.07, 6.45) is -4.24. The molecule has 1 aromatic rings. The molecule has 2 heterocycles. The summed E-state index contributed by atoms with van der Waals surface area (Å²) >= 11 is 0. The number of ether oxygens (including phenoxy) is 3. The van der Waals surface area contributed by atoms with Crippen molar-refractivity contribution in [1.29, 1.82) is 0 Å². The molecule has 0 saturated carbocycles. The Balaban J connectivity index is 1.73. The Morgan fingerprint density at radius 1 is 1.30 bits per heavy atom. The highest BCUT2D eigenvalue weighted by Gasteiger charge is 2.44. The molecule has 108 valence electrons. The van der Waals surface area contributed by atoms with E-state index in [1.807, 2.05) is 0 Å². The van der Waals surface area contributed by atoms with Gasteiger partial charge in [0.2, 0.25) is 6.29 Å². The zero-order chi connectivity index (χ0) is 14.3. The Morgan fingerprint density at radius 2 is 2.10 bits per heavy atom. The average Bonchev–Trinajstić information content (AvgIpc) is 2.92. The normalized spacial score (nSPS) is 32.0. The summed E-state index contributed by atoms with van der Waals surface area (Å²) in [6.45, 7) is -0.412. The van der Waals surface area contributed by atoms with Crippen molar-refractivity contribution in [3.05, 3.63) is 23.8 Å². The Morgan fingerprint density at radius 3 is 2.80 bits per heavy atom. The van der Waals surface area contributed by atoms with Crippen molar-refractivity contribution in [2.45, 2.75) is 31.0 Å². The minimum absolute atomic E-state index is 0.169. The van der Waals surface area contributed by atoms with Crippen LogP contribution < -0.4 is 9.47 Å². The lowest BCUT2D eigenvalue weighted by molar-refractivity contribution is -0.131. The van der Waals surface area contributed by atoms with Crippen LogP contribution in [0.5, 0.6) is 11.5 Å². The third-order valence-corrected chi connectivity index (χ3v) is 3.34. The second-order valence-corrected chi connectivity index (χ2v) is 4.74. The van der Waals surface area contributed by atoms with Crippen molar-refractivity contribution in [2.75, 3.05) is 6.61 Å². The Bertz CT molecular complexity index is 529. The van der Waals surface area contributed by atoms with Crippen LogP contribution in [0.15, 0.2) is 18.2 Å². The van der Waals surface area contributed by atoms with E-state index in [0.29, 0.717) is 17.1 Å². The molecule has 0 bridgehead atoms. The lowest BCUT2D eigenvalue weighted by Gasteiger charge is -2.17. The second kappa shape index (κ2) is 5.02. The molecule has 3 N–H and O–H groups in total. The zero-order valence-corrected chi connectivity index (χ0v) is 10.4. The first-order chi connectivity index (χ1) is 9.58. The van der Waals surface area contributed by atoms with Crippen LogP contribution in [0.1, 0.15) is 5.56 Å². The average molecular weight is 282 g/mol. The van der Waals surface area contributed by atoms with Crippen LogP contribution in [0.25, 0.3) is 0 Å². The third-order valence-electron chi connectivity index (χ3n) is 3.34. The van der Waals surface area contributed by atoms with Gasteiger partial charge in [0.05, 0.1) is 13.0 Å². The van der Waals surface area contributed by atoms with Crippen molar-refractivity contribution >= 4 is 5.97 Å². The maximum absolute atomic E-state index is 11.1. The van der Waals surface area contributed by atoms with Gasteiger partial charge in [0.25, 0.3) is 0 Å². The zero-order valence-electron chi connectivity index (χ0n) is 10.4. The molecule has 1 aromatic carbocycles. The molecule has 0 spiro atoms. The highest BCUT2D eigenvalue weighted by Crippen LogP contribution is 2.31. The maximum Gasteiger partial charge on any atom is 0.315 e. The number of aliphatic hydroxyl groups excluding tert-OH is 3. The van der Waals surface area contributed by atoms with Crippen LogP contribution in [0.2, 0.25) is 0 Å². The quantitative estimate of drug-likeness (QED) is 0.480. The molecular formula is C13H14O7. The molecule has 0 unspecified atom stereocenters. The molecule has 7 heteroatoms. The summed E-state index contributed by atoms with van der Waals surface area (Å²) in [7, 11) is 0. The van der Waals surface area contributed by atoms with E-state index in [-0.39, 0.29) is 12.4 Å². The van der Waals surface area contributed by atoms with E-state index in [2.05, 4.69) is 0 Å². The highest BCUT2D eigenvalue weighted by molar-refractivity contribution is 5.81. The molecule has 1 fully saturated rings. The van der Waals surface area contributed by atoms with E-state index in [9.17, 15) is 15.0 Å². The first-order valence-corrected chi connectivity index (χ1v) is 6.21. The number of hydrogen-bond acceptors (Lipinski definition) is 7. The van der Waals surface area contributed by atoms with E-state index in [1.165, 1.54) is 0 Å². The van der Waals surface area contributed by atoms with Crippen molar-refractivity contribution in [1.82, 2.24) is 0 Å². The van der Waals surface area contributed by atoms with Crippen molar-refractivity contribution < 1.29 is 34.3 Å². The van der Waals surface area contributed by atoms with Gasteiger partial charge in [0.15, 0.2) is 0 Å². The van der Waals surface area contributed by atoms with E-state index in [4.69, 9.17) is 19.3 Å². The molecule has 0 radical (unpaired) electrons. The van der Waals surface area contributed by atoms with Gasteiger partial charge >= 0.3 is 5.97 Å². The number of carbonyl (C=O) groups excluding carboxylic acids is 1. The van der Waals surface area contributed by atoms with Gasteiger partial charge in [-0.1, -0.05) is 0 Å². The Hall–Kier alpha value is -1.67. The van der Waals surface area contributed by atoms with Gasteiger partial charge in [-0.3, -0.25) is 4.79 Å². The fraction of sp³-hybridized carbons (Fsp3) is 0.462. The smallest absolute Gasteiger partial charge is 0.315 e. The largest absolute Gasteiger partial charge is 0.462 e. The number of fused-ring (bicyclic) bond motifs is 1. The number of hydrogen-bond donors (Lipinski definition) is 3. The third kappa shape index (κ3) is 2.25. The molecule has 2 aliphatic rings. The molecule has 4 atom stereocenters. The number of benzene rings is 1. The Labute approximate surface area is 114 Å². The van der Waals surface area contributed by atoms with E-state index in [1.54, 1.807) is 18.2 Å². The van der Waals surface area contributed by atoms with Crippen LogP contribution in [0.3, 0.4) is 0 Å². The van der Waals surface area contributed by atoms with Gasteiger partial charge in [0.1, 0.15) is 29.8 Å². The fourth-order valence-corrected chi connectivity index (χ4v) is 2.28. The maximum atomic E-state index is 11.1. The van der Waals surface area contributed by atoms with Gasteiger partial charge in [-0.2, -0.15) is 0 Å². The number of carbonyl (C=O) groups is 1. The summed E-state index contributed by atoms with van der Waals surface area (Å²) in [5.74, 6) is 0.547. The van der Waals surface area contributed by atoms with Gasteiger partial charge < -0.3 is 29.5 Å². The molecule has 7 nitrogen and oxygen atoms in total. The van der Waals surface area contributed by atoms with Gasteiger partial charge in [0, 0.05) is 5.56 Å². The summed E-state index contributed by atoms with van der Waals surface area (Å²) < 4.78 is 15.6. The molecule has 0 amide bonds. The number of rotatable bonds is 3. The van der Waals surface area contributed by atoms with Crippen LogP contribution in [-0.4, -0.2) is 52.5 Å². The molecule has 0 aliphatic carbocycles. The van der Waals surface area contributed by atoms with E-state index < -0.39 is 31.2 Å². The summed E-state index contributed by atoms with van der Waals surface area (Å²) in [5.41, 5.74) is 0.694. The predicted octanol–water partition coefficient (Wildman–Crippen LogP) is -1.03. The second-order valence-electron chi connectivity index (χ2n) is 4.74. The first-order valence-electron chi connectivity index (χ1n) is 6.21. The number of aliphatic hydroxyl groups is 3. The molecule has 3 rings (SSSR count). The highest BCUT2D eigenvalue weighted by atomic mass is 16.7. The minimum Gasteiger partial charge on any atom is -0.462 e.